The number of thiophene rings is 1. The lowest BCUT2D eigenvalue weighted by atomic mass is 9.88. The molecule has 0 fully saturated rings. The number of benzene rings is 10. The second-order valence-electron chi connectivity index (χ2n) is 18.3. The number of allylic oxidation sites excluding steroid dienone is 4. The monoisotopic (exact) mass is 928 g/mol. The molecule has 14 rings (SSSR count). The Morgan fingerprint density at radius 3 is 1.62 bits per heavy atom. The summed E-state index contributed by atoms with van der Waals surface area (Å²) >= 11 is 1.84. The molecule has 3 aromatic heterocycles. The molecule has 0 N–H and O–H groups in total. The summed E-state index contributed by atoms with van der Waals surface area (Å²) in [7, 11) is 0. The van der Waals surface area contributed by atoms with Crippen LogP contribution in [-0.4, -0.2) is 0 Å². The van der Waals surface area contributed by atoms with Crippen molar-refractivity contribution < 1.29 is 8.83 Å². The topological polar surface area (TPSA) is 32.8 Å². The van der Waals surface area contributed by atoms with Crippen molar-refractivity contribution in [1.82, 2.24) is 0 Å². The van der Waals surface area contributed by atoms with Crippen molar-refractivity contribution in [2.24, 2.45) is 0 Å². The van der Waals surface area contributed by atoms with Crippen molar-refractivity contribution in [2.45, 2.75) is 12.3 Å². The minimum atomic E-state index is 0.229. The van der Waals surface area contributed by atoms with E-state index in [2.05, 4.69) is 246 Å². The molecule has 71 heavy (non-hydrogen) atoms. The van der Waals surface area contributed by atoms with Gasteiger partial charge in [-0.1, -0.05) is 164 Å². The minimum Gasteiger partial charge on any atom is -0.456 e. The number of nitrogens with zero attached hydrogens (tertiary/aromatic N) is 2. The van der Waals surface area contributed by atoms with Crippen LogP contribution >= 0.6 is 11.3 Å². The second-order valence-corrected chi connectivity index (χ2v) is 19.4. The van der Waals surface area contributed by atoms with Crippen molar-refractivity contribution in [1.29, 1.82) is 0 Å². The van der Waals surface area contributed by atoms with Gasteiger partial charge in [0.1, 0.15) is 22.3 Å². The summed E-state index contributed by atoms with van der Waals surface area (Å²) in [5.74, 6) is 0.229. The first kappa shape index (κ1) is 41.1. The van der Waals surface area contributed by atoms with E-state index in [-0.39, 0.29) is 5.92 Å². The molecule has 0 bridgehead atoms. The third-order valence-electron chi connectivity index (χ3n) is 14.2. The van der Waals surface area contributed by atoms with Crippen LogP contribution < -0.4 is 9.80 Å². The molecule has 0 spiro atoms. The van der Waals surface area contributed by atoms with Crippen molar-refractivity contribution >= 4 is 115 Å². The summed E-state index contributed by atoms with van der Waals surface area (Å²) in [6.07, 6.45) is 7.95. The summed E-state index contributed by atoms with van der Waals surface area (Å²) in [5.41, 5.74) is 15.7. The number of rotatable bonds is 9. The van der Waals surface area contributed by atoms with Gasteiger partial charge in [-0.25, -0.2) is 0 Å². The quantitative estimate of drug-likeness (QED) is 0.144. The molecule has 13 aromatic rings. The zero-order chi connectivity index (χ0) is 46.8. The normalized spacial score (nSPS) is 13.7. The number of furan rings is 2. The van der Waals surface area contributed by atoms with Gasteiger partial charge in [-0.15, -0.1) is 11.3 Å². The molecule has 0 radical (unpaired) electrons. The Bertz CT molecular complexity index is 4250. The minimum absolute atomic E-state index is 0.229. The first-order valence-corrected chi connectivity index (χ1v) is 25.1. The van der Waals surface area contributed by atoms with Gasteiger partial charge in [-0.05, 0) is 95.9 Å². The van der Waals surface area contributed by atoms with Crippen molar-refractivity contribution in [3.63, 3.8) is 0 Å². The Hall–Kier alpha value is -8.90. The van der Waals surface area contributed by atoms with E-state index in [1.807, 2.05) is 23.5 Å². The van der Waals surface area contributed by atoms with Gasteiger partial charge in [0.25, 0.3) is 0 Å². The highest BCUT2D eigenvalue weighted by molar-refractivity contribution is 7.26. The molecule has 1 unspecified atom stereocenters. The van der Waals surface area contributed by atoms with Gasteiger partial charge in [0.05, 0.1) is 21.8 Å². The third kappa shape index (κ3) is 7.04. The number of anilines is 6. The fraction of sp³-hybridized carbons (Fsp3) is 0.0303. The highest BCUT2D eigenvalue weighted by Crippen LogP contribution is 2.51. The largest absolute Gasteiger partial charge is 0.456 e. The van der Waals surface area contributed by atoms with Crippen LogP contribution in [0.3, 0.4) is 0 Å². The maximum Gasteiger partial charge on any atom is 0.137 e. The first-order valence-electron chi connectivity index (χ1n) is 24.3. The van der Waals surface area contributed by atoms with Crippen LogP contribution in [0.15, 0.2) is 258 Å². The fourth-order valence-electron chi connectivity index (χ4n) is 10.9. The predicted octanol–water partition coefficient (Wildman–Crippen LogP) is 19.6. The summed E-state index contributed by atoms with van der Waals surface area (Å²) in [6, 6.07) is 82.9. The van der Waals surface area contributed by atoms with E-state index in [9.17, 15) is 0 Å². The SMILES string of the molecule is C1=CC(c2cccc(N(c3ccc4c(c3)oc3ccccc34)c3ccccc3-c3ccccc3N(c3ccc4c(c3)oc3ccccc34)c3cccc4c3sc3ccccc34)c2)CC=C1c1ccccc1. The standard InChI is InChI=1S/C66H44N2O2S/c1-2-16-43(17-3-1)44-32-34-45(35-33-44)46-18-14-19-47(40-46)67(48-36-38-54-52-22-6-11-29-61(52)69-63(54)41-48)58-26-9-4-20-50(58)51-21-5-10-27-59(51)68(49-37-39-55-53-23-7-12-30-62(53)70-64(55)42-49)60-28-15-25-57-56-24-8-13-31-65(56)71-66(57)60/h1-34,36-42,45H,35H2. The molecule has 5 heteroatoms. The van der Waals surface area contributed by atoms with Gasteiger partial charge in [0.15, 0.2) is 0 Å². The van der Waals surface area contributed by atoms with Crippen LogP contribution in [0.25, 0.3) is 80.7 Å². The first-order chi connectivity index (χ1) is 35.2. The van der Waals surface area contributed by atoms with Gasteiger partial charge < -0.3 is 18.6 Å². The maximum atomic E-state index is 6.60. The smallest absolute Gasteiger partial charge is 0.137 e. The van der Waals surface area contributed by atoms with Crippen molar-refractivity contribution in [3.05, 3.63) is 260 Å². The number of hydrogen-bond donors (Lipinski definition) is 0. The third-order valence-corrected chi connectivity index (χ3v) is 15.4. The van der Waals surface area contributed by atoms with Gasteiger partial charge in [0, 0.05) is 83.3 Å². The van der Waals surface area contributed by atoms with Crippen LogP contribution in [-0.2, 0) is 0 Å². The van der Waals surface area contributed by atoms with Crippen molar-refractivity contribution in [2.75, 3.05) is 9.80 Å². The van der Waals surface area contributed by atoms with Gasteiger partial charge in [-0.2, -0.15) is 0 Å². The maximum absolute atomic E-state index is 6.60. The van der Waals surface area contributed by atoms with Crippen molar-refractivity contribution in [3.8, 4) is 11.1 Å². The van der Waals surface area contributed by atoms with Crippen LogP contribution in [0.1, 0.15) is 23.5 Å². The Labute approximate surface area is 414 Å². The molecular formula is C66H44N2O2S. The second kappa shape index (κ2) is 17.0. The number of hydrogen-bond acceptors (Lipinski definition) is 5. The lowest BCUT2D eigenvalue weighted by molar-refractivity contribution is 0.668. The van der Waals surface area contributed by atoms with Crippen LogP contribution in [0.5, 0.6) is 0 Å². The summed E-state index contributed by atoms with van der Waals surface area (Å²) in [5, 5.41) is 6.91. The van der Waals surface area contributed by atoms with E-state index in [1.165, 1.54) is 36.9 Å². The highest BCUT2D eigenvalue weighted by atomic mass is 32.1. The molecular weight excluding hydrogens is 885 g/mol. The van der Waals surface area contributed by atoms with E-state index in [4.69, 9.17) is 8.83 Å². The molecule has 10 aromatic carbocycles. The molecule has 4 nitrogen and oxygen atoms in total. The van der Waals surface area contributed by atoms with E-state index >= 15 is 0 Å². The summed E-state index contributed by atoms with van der Waals surface area (Å²) in [4.78, 5) is 4.85. The fourth-order valence-corrected chi connectivity index (χ4v) is 12.1. The molecule has 0 saturated heterocycles. The Morgan fingerprint density at radius 1 is 0.394 bits per heavy atom. The average molecular weight is 929 g/mol. The van der Waals surface area contributed by atoms with Gasteiger partial charge in [0.2, 0.25) is 0 Å². The summed E-state index contributed by atoms with van der Waals surface area (Å²) < 4.78 is 15.7. The molecule has 0 aliphatic heterocycles. The molecule has 336 valence electrons. The Balaban J connectivity index is 0.962. The number of para-hydroxylation sites is 4. The van der Waals surface area contributed by atoms with Crippen LogP contribution in [0.4, 0.5) is 34.1 Å². The predicted molar refractivity (Wildman–Crippen MR) is 300 cm³/mol. The number of fused-ring (bicyclic) bond motifs is 9. The van der Waals surface area contributed by atoms with Crippen LogP contribution in [0.2, 0.25) is 0 Å². The molecule has 0 saturated carbocycles. The zero-order valence-corrected chi connectivity index (χ0v) is 39.4. The van der Waals surface area contributed by atoms with Gasteiger partial charge in [-0.3, -0.25) is 0 Å². The molecule has 1 aliphatic carbocycles. The van der Waals surface area contributed by atoms with E-state index in [0.717, 1.165) is 95.5 Å². The highest BCUT2D eigenvalue weighted by Gasteiger charge is 2.26. The van der Waals surface area contributed by atoms with Crippen LogP contribution in [0, 0.1) is 0 Å². The molecule has 3 heterocycles. The lowest BCUT2D eigenvalue weighted by Gasteiger charge is -2.31. The zero-order valence-electron chi connectivity index (χ0n) is 38.6. The lowest BCUT2D eigenvalue weighted by Crippen LogP contribution is -2.14. The molecule has 1 atom stereocenters. The molecule has 0 amide bonds. The Kier molecular flexibility index (Phi) is 9.81. The van der Waals surface area contributed by atoms with E-state index in [0.29, 0.717) is 0 Å². The average Bonchev–Trinajstić information content (AvgIpc) is 4.13. The van der Waals surface area contributed by atoms with E-state index in [1.54, 1.807) is 0 Å². The Morgan fingerprint density at radius 2 is 0.930 bits per heavy atom. The summed E-state index contributed by atoms with van der Waals surface area (Å²) in [6.45, 7) is 0. The molecule has 1 aliphatic rings. The van der Waals surface area contributed by atoms with Gasteiger partial charge >= 0.3 is 0 Å². The van der Waals surface area contributed by atoms with E-state index < -0.39 is 0 Å².